The van der Waals surface area contributed by atoms with Crippen molar-refractivity contribution in [2.24, 2.45) is 0 Å². The first kappa shape index (κ1) is 9.71. The highest BCUT2D eigenvalue weighted by atomic mass is 35.5. The summed E-state index contributed by atoms with van der Waals surface area (Å²) in [5.74, 6) is 0. The van der Waals surface area contributed by atoms with Crippen molar-refractivity contribution in [3.63, 3.8) is 0 Å². The molecule has 0 radical (unpaired) electrons. The van der Waals surface area contributed by atoms with Crippen LogP contribution < -0.4 is 0 Å². The summed E-state index contributed by atoms with van der Waals surface area (Å²) in [6.07, 6.45) is 4.09. The van der Waals surface area contributed by atoms with Crippen molar-refractivity contribution in [2.75, 3.05) is 7.11 Å². The van der Waals surface area contributed by atoms with Gasteiger partial charge in [-0.2, -0.15) is 5.06 Å². The summed E-state index contributed by atoms with van der Waals surface area (Å²) >= 11 is 6.13. The van der Waals surface area contributed by atoms with Gasteiger partial charge in [-0.3, -0.25) is 0 Å². The van der Waals surface area contributed by atoms with Crippen LogP contribution in [0, 0.1) is 0 Å². The van der Waals surface area contributed by atoms with Gasteiger partial charge in [0, 0.05) is 7.11 Å². The van der Waals surface area contributed by atoms with E-state index < -0.39 is 0 Å². The number of hydroxylamine groups is 2. The van der Waals surface area contributed by atoms with Crippen LogP contribution in [0.1, 0.15) is 25.7 Å². The third kappa shape index (κ3) is 1.59. The fourth-order valence-corrected chi connectivity index (χ4v) is 2.91. The molecule has 76 valence electrons. The number of nitrogens with zero attached hydrogens (tertiary/aromatic N) is 1. The summed E-state index contributed by atoms with van der Waals surface area (Å²) in [6, 6.07) is 0.311. The molecule has 2 heterocycles. The van der Waals surface area contributed by atoms with Gasteiger partial charge in [-0.15, -0.1) is 11.6 Å². The second-order valence-electron chi connectivity index (χ2n) is 3.96. The van der Waals surface area contributed by atoms with E-state index in [0.717, 1.165) is 25.7 Å². The van der Waals surface area contributed by atoms with Gasteiger partial charge in [-0.1, -0.05) is 0 Å². The molecular weight excluding hydrogens is 190 g/mol. The van der Waals surface area contributed by atoms with Gasteiger partial charge < -0.3 is 9.94 Å². The number of halogens is 1. The van der Waals surface area contributed by atoms with Crippen LogP contribution in [0.5, 0.6) is 0 Å². The Bertz CT molecular complexity index is 190. The minimum absolute atomic E-state index is 0.110. The van der Waals surface area contributed by atoms with Gasteiger partial charge in [0.15, 0.2) is 0 Å². The zero-order valence-corrected chi connectivity index (χ0v) is 8.57. The van der Waals surface area contributed by atoms with Crippen LogP contribution in [0.4, 0.5) is 0 Å². The molecule has 13 heavy (non-hydrogen) atoms. The highest BCUT2D eigenvalue weighted by Crippen LogP contribution is 2.36. The van der Waals surface area contributed by atoms with Crippen molar-refractivity contribution in [1.82, 2.24) is 5.06 Å². The molecular formula is C9H16ClNO2. The molecule has 0 spiro atoms. The first-order valence-corrected chi connectivity index (χ1v) is 5.31. The molecule has 2 aliphatic rings. The van der Waals surface area contributed by atoms with Crippen LogP contribution in [0.2, 0.25) is 0 Å². The van der Waals surface area contributed by atoms with Crippen molar-refractivity contribution >= 4 is 11.6 Å². The van der Waals surface area contributed by atoms with Crippen molar-refractivity contribution < 1.29 is 9.94 Å². The van der Waals surface area contributed by atoms with Gasteiger partial charge in [-0.05, 0) is 25.7 Å². The fourth-order valence-electron chi connectivity index (χ4n) is 2.54. The summed E-state index contributed by atoms with van der Waals surface area (Å²) in [5.41, 5.74) is 0. The lowest BCUT2D eigenvalue weighted by Crippen LogP contribution is -2.58. The smallest absolute Gasteiger partial charge is 0.0750 e. The van der Waals surface area contributed by atoms with E-state index in [1.165, 1.54) is 5.06 Å². The van der Waals surface area contributed by atoms with Crippen LogP contribution in [0.15, 0.2) is 0 Å². The summed E-state index contributed by atoms with van der Waals surface area (Å²) in [6.45, 7) is 0. The normalized spacial score (nSPS) is 46.4. The molecule has 4 unspecified atom stereocenters. The standard InChI is InChI=1S/C9H16ClNO2/c1-13-9-5-4-7-6(10)2-3-8(9)11(7)12/h6-9,12H,2-5H2,1H3. The minimum Gasteiger partial charge on any atom is -0.380 e. The number of hydrogen-bond donors (Lipinski definition) is 1. The lowest BCUT2D eigenvalue weighted by molar-refractivity contribution is -0.224. The van der Waals surface area contributed by atoms with Gasteiger partial charge >= 0.3 is 0 Å². The van der Waals surface area contributed by atoms with Gasteiger partial charge in [0.2, 0.25) is 0 Å². The molecule has 0 amide bonds. The molecule has 2 bridgehead atoms. The lowest BCUT2D eigenvalue weighted by Gasteiger charge is -2.47. The molecule has 1 N–H and O–H groups in total. The maximum Gasteiger partial charge on any atom is 0.0750 e. The number of piperidine rings is 2. The Hall–Kier alpha value is 0.170. The zero-order chi connectivity index (χ0) is 9.42. The Morgan fingerprint density at radius 1 is 1.23 bits per heavy atom. The van der Waals surface area contributed by atoms with Gasteiger partial charge in [-0.25, -0.2) is 0 Å². The average molecular weight is 206 g/mol. The molecule has 0 aliphatic carbocycles. The van der Waals surface area contributed by atoms with Crippen LogP contribution >= 0.6 is 11.6 Å². The average Bonchev–Trinajstić information content (AvgIpc) is 2.11. The van der Waals surface area contributed by atoms with Crippen LogP contribution in [0.25, 0.3) is 0 Å². The highest BCUT2D eigenvalue weighted by molar-refractivity contribution is 6.21. The second kappa shape index (κ2) is 3.73. The van der Waals surface area contributed by atoms with Crippen molar-refractivity contribution in [2.45, 2.75) is 49.2 Å². The number of hydrogen-bond acceptors (Lipinski definition) is 3. The number of methoxy groups -OCH3 is 1. The third-order valence-electron chi connectivity index (χ3n) is 3.31. The van der Waals surface area contributed by atoms with E-state index in [9.17, 15) is 5.21 Å². The van der Waals surface area contributed by atoms with Crippen LogP contribution in [-0.2, 0) is 4.74 Å². The summed E-state index contributed by atoms with van der Waals surface area (Å²) in [4.78, 5) is 0. The van der Waals surface area contributed by atoms with Crippen molar-refractivity contribution in [3.05, 3.63) is 0 Å². The summed E-state index contributed by atoms with van der Waals surface area (Å²) in [7, 11) is 1.71. The first-order chi connectivity index (χ1) is 6.24. The molecule has 4 heteroatoms. The van der Waals surface area contributed by atoms with Crippen molar-refractivity contribution in [3.8, 4) is 0 Å². The quantitative estimate of drug-likeness (QED) is 0.661. The van der Waals surface area contributed by atoms with E-state index in [-0.39, 0.29) is 23.6 Å². The molecule has 4 atom stereocenters. The Balaban J connectivity index is 2.09. The molecule has 2 rings (SSSR count). The maximum absolute atomic E-state index is 9.83. The first-order valence-electron chi connectivity index (χ1n) is 4.88. The maximum atomic E-state index is 9.83. The Kier molecular flexibility index (Phi) is 2.79. The molecule has 2 fully saturated rings. The predicted octanol–water partition coefficient (Wildman–Crippen LogP) is 1.62. The minimum atomic E-state index is 0.110. The van der Waals surface area contributed by atoms with E-state index in [1.807, 2.05) is 0 Å². The second-order valence-corrected chi connectivity index (χ2v) is 4.52. The molecule has 3 nitrogen and oxygen atoms in total. The number of fused-ring (bicyclic) bond motifs is 2. The number of alkyl halides is 1. The summed E-state index contributed by atoms with van der Waals surface area (Å²) < 4.78 is 5.34. The van der Waals surface area contributed by atoms with E-state index in [1.54, 1.807) is 7.11 Å². The SMILES string of the molecule is COC1CCC2C(Cl)CCC1N2O. The van der Waals surface area contributed by atoms with Crippen LogP contribution in [0.3, 0.4) is 0 Å². The van der Waals surface area contributed by atoms with Gasteiger partial charge in [0.25, 0.3) is 0 Å². The van der Waals surface area contributed by atoms with Crippen LogP contribution in [-0.4, -0.2) is 40.9 Å². The van der Waals surface area contributed by atoms with Gasteiger partial charge in [0.1, 0.15) is 0 Å². The highest BCUT2D eigenvalue weighted by Gasteiger charge is 2.43. The van der Waals surface area contributed by atoms with E-state index in [2.05, 4.69) is 0 Å². The lowest BCUT2D eigenvalue weighted by atomic mass is 9.84. The molecule has 0 aromatic heterocycles. The zero-order valence-electron chi connectivity index (χ0n) is 7.82. The predicted molar refractivity (Wildman–Crippen MR) is 50.1 cm³/mol. The molecule has 2 saturated heterocycles. The monoisotopic (exact) mass is 205 g/mol. The molecule has 0 saturated carbocycles. The van der Waals surface area contributed by atoms with E-state index in [0.29, 0.717) is 0 Å². The van der Waals surface area contributed by atoms with Crippen molar-refractivity contribution in [1.29, 1.82) is 0 Å². The van der Waals surface area contributed by atoms with E-state index >= 15 is 0 Å². The summed E-state index contributed by atoms with van der Waals surface area (Å²) in [5, 5.41) is 11.4. The topological polar surface area (TPSA) is 32.7 Å². The Morgan fingerprint density at radius 3 is 2.62 bits per heavy atom. The fraction of sp³-hybridized carbons (Fsp3) is 1.00. The Morgan fingerprint density at radius 2 is 1.92 bits per heavy atom. The third-order valence-corrected chi connectivity index (χ3v) is 3.82. The van der Waals surface area contributed by atoms with E-state index in [4.69, 9.17) is 16.3 Å². The molecule has 0 aromatic carbocycles. The molecule has 2 aliphatic heterocycles. The largest absolute Gasteiger partial charge is 0.380 e. The number of ether oxygens (including phenoxy) is 1. The number of rotatable bonds is 1. The molecule has 0 aromatic rings. The Labute approximate surface area is 83.6 Å². The van der Waals surface area contributed by atoms with Gasteiger partial charge in [0.05, 0.1) is 23.6 Å².